The second-order valence-electron chi connectivity index (χ2n) is 7.28. The van der Waals surface area contributed by atoms with Crippen LogP contribution in [0.25, 0.3) is 5.52 Å². The number of rotatable bonds is 4. The molecule has 1 saturated carbocycles. The molecule has 3 aromatic rings. The number of fused-ring (bicyclic) bond motifs is 1. The molecule has 0 radical (unpaired) electrons. The van der Waals surface area contributed by atoms with Gasteiger partial charge >= 0.3 is 5.97 Å². The van der Waals surface area contributed by atoms with E-state index in [0.717, 1.165) is 34.1 Å². The molecule has 0 spiro atoms. The number of aromatic nitrogens is 2. The van der Waals surface area contributed by atoms with Crippen molar-refractivity contribution in [2.45, 2.75) is 44.3 Å². The average molecular weight is 457 g/mol. The zero-order valence-corrected chi connectivity index (χ0v) is 17.3. The van der Waals surface area contributed by atoms with Gasteiger partial charge in [-0.1, -0.05) is 12.5 Å². The van der Waals surface area contributed by atoms with E-state index in [9.17, 15) is 14.7 Å². The van der Waals surface area contributed by atoms with Crippen molar-refractivity contribution in [2.75, 3.05) is 0 Å². The van der Waals surface area contributed by atoms with Crippen molar-refractivity contribution in [3.63, 3.8) is 0 Å². The maximum atomic E-state index is 12.9. The number of carbonyl (C=O) groups is 1. The molecule has 0 saturated heterocycles. The molecule has 7 heteroatoms. The van der Waals surface area contributed by atoms with Crippen LogP contribution in [0.2, 0.25) is 0 Å². The van der Waals surface area contributed by atoms with Crippen LogP contribution in [0.5, 0.6) is 0 Å². The summed E-state index contributed by atoms with van der Waals surface area (Å²) in [6.45, 7) is 0. The fraction of sp³-hybridized carbons (Fsp3) is 0.318. The Bertz CT molecular complexity index is 1090. The van der Waals surface area contributed by atoms with Gasteiger partial charge in [0, 0.05) is 29.0 Å². The fourth-order valence-corrected chi connectivity index (χ4v) is 3.97. The minimum atomic E-state index is -0.691. The maximum Gasteiger partial charge on any atom is 0.344 e. The summed E-state index contributed by atoms with van der Waals surface area (Å²) in [7, 11) is 0. The van der Waals surface area contributed by atoms with Gasteiger partial charge in [-0.25, -0.2) is 4.79 Å². The van der Waals surface area contributed by atoms with Crippen LogP contribution in [0, 0.1) is 0 Å². The maximum absolute atomic E-state index is 12.9. The Kier molecular flexibility index (Phi) is 5.78. The van der Waals surface area contributed by atoms with Crippen LogP contribution in [0.4, 0.5) is 0 Å². The minimum Gasteiger partial charge on any atom is -0.456 e. The zero-order valence-electron chi connectivity index (χ0n) is 15.8. The number of hydrogen-bond donors (Lipinski definition) is 1. The van der Waals surface area contributed by atoms with Gasteiger partial charge in [-0.3, -0.25) is 14.2 Å². The lowest BCUT2D eigenvalue weighted by molar-refractivity contribution is -0.0362. The molecule has 0 amide bonds. The molecule has 3 heterocycles. The van der Waals surface area contributed by atoms with Crippen molar-refractivity contribution in [3.05, 3.63) is 80.4 Å². The standard InChI is InChI=1S/C22H21BrN2O4/c23-15-8-9-16(24-13-15)11-14-12-17(21(27)25-10-4-3-5-18(14)25)22(28)29-20-7-2-1-6-19(20)26/h3-5,8-10,12-13,19-20,26H,1-2,6-7,11H2/t19-,20-/m0/s1. The molecule has 0 unspecified atom stereocenters. The van der Waals surface area contributed by atoms with Crippen LogP contribution in [-0.4, -0.2) is 32.7 Å². The minimum absolute atomic E-state index is 0.0291. The number of ether oxygens (including phenoxy) is 1. The fourth-order valence-electron chi connectivity index (χ4n) is 3.73. The predicted octanol–water partition coefficient (Wildman–Crippen LogP) is 3.51. The molecular formula is C22H21BrN2O4. The monoisotopic (exact) mass is 456 g/mol. The molecule has 150 valence electrons. The van der Waals surface area contributed by atoms with Crippen molar-refractivity contribution in [3.8, 4) is 0 Å². The molecule has 1 aliphatic rings. The lowest BCUT2D eigenvalue weighted by Crippen LogP contribution is -2.35. The molecule has 1 aliphatic carbocycles. The van der Waals surface area contributed by atoms with Crippen LogP contribution < -0.4 is 5.56 Å². The third-order valence-electron chi connectivity index (χ3n) is 5.26. The smallest absolute Gasteiger partial charge is 0.344 e. The second-order valence-corrected chi connectivity index (χ2v) is 8.20. The van der Waals surface area contributed by atoms with Gasteiger partial charge in [0.05, 0.1) is 11.6 Å². The number of esters is 1. The quantitative estimate of drug-likeness (QED) is 0.607. The first kappa shape index (κ1) is 19.8. The summed E-state index contributed by atoms with van der Waals surface area (Å²) in [5.74, 6) is -0.691. The SMILES string of the molecule is O=C(O[C@H]1CCCC[C@@H]1O)c1cc(Cc2ccc(Br)cn2)c2ccccn2c1=O. The van der Waals surface area contributed by atoms with Gasteiger partial charge < -0.3 is 9.84 Å². The summed E-state index contributed by atoms with van der Waals surface area (Å²) < 4.78 is 7.86. The lowest BCUT2D eigenvalue weighted by atomic mass is 9.95. The second kappa shape index (κ2) is 8.47. The van der Waals surface area contributed by atoms with E-state index < -0.39 is 23.7 Å². The normalized spacial score (nSPS) is 19.2. The van der Waals surface area contributed by atoms with E-state index in [1.54, 1.807) is 24.5 Å². The van der Waals surface area contributed by atoms with Crippen LogP contribution in [0.1, 0.15) is 47.3 Å². The van der Waals surface area contributed by atoms with Crippen molar-refractivity contribution in [1.29, 1.82) is 0 Å². The van der Waals surface area contributed by atoms with Gasteiger partial charge in [-0.05, 0) is 71.1 Å². The molecule has 2 atom stereocenters. The number of aliphatic hydroxyl groups excluding tert-OH is 1. The highest BCUT2D eigenvalue weighted by Gasteiger charge is 2.28. The van der Waals surface area contributed by atoms with E-state index in [0.29, 0.717) is 19.3 Å². The third-order valence-corrected chi connectivity index (χ3v) is 5.73. The van der Waals surface area contributed by atoms with E-state index in [1.165, 1.54) is 4.40 Å². The predicted molar refractivity (Wildman–Crippen MR) is 112 cm³/mol. The van der Waals surface area contributed by atoms with Gasteiger partial charge in [0.15, 0.2) is 0 Å². The molecule has 0 aliphatic heterocycles. The van der Waals surface area contributed by atoms with E-state index >= 15 is 0 Å². The largest absolute Gasteiger partial charge is 0.456 e. The molecule has 3 aromatic heterocycles. The highest BCUT2D eigenvalue weighted by molar-refractivity contribution is 9.10. The summed E-state index contributed by atoms with van der Waals surface area (Å²) in [6, 6.07) is 10.8. The lowest BCUT2D eigenvalue weighted by Gasteiger charge is -2.27. The van der Waals surface area contributed by atoms with E-state index in [4.69, 9.17) is 4.74 Å². The zero-order chi connectivity index (χ0) is 20.4. The van der Waals surface area contributed by atoms with Gasteiger partial charge in [0.2, 0.25) is 0 Å². The number of halogens is 1. The molecule has 1 N–H and O–H groups in total. The van der Waals surface area contributed by atoms with Crippen LogP contribution in [0.15, 0.2) is 58.1 Å². The summed E-state index contributed by atoms with van der Waals surface area (Å²) in [6.07, 6.45) is 5.60. The average Bonchev–Trinajstić information content (AvgIpc) is 2.73. The summed E-state index contributed by atoms with van der Waals surface area (Å²) in [4.78, 5) is 30.1. The Morgan fingerprint density at radius 1 is 1.24 bits per heavy atom. The Morgan fingerprint density at radius 2 is 2.07 bits per heavy atom. The summed E-state index contributed by atoms with van der Waals surface area (Å²) >= 11 is 3.37. The molecule has 0 aromatic carbocycles. The Morgan fingerprint density at radius 3 is 2.83 bits per heavy atom. The topological polar surface area (TPSA) is 80.9 Å². The van der Waals surface area contributed by atoms with Crippen LogP contribution in [0.3, 0.4) is 0 Å². The summed E-state index contributed by atoms with van der Waals surface area (Å²) in [5.41, 5.74) is 1.88. The highest BCUT2D eigenvalue weighted by atomic mass is 79.9. The van der Waals surface area contributed by atoms with Crippen LogP contribution >= 0.6 is 15.9 Å². The molecule has 29 heavy (non-hydrogen) atoms. The number of pyridine rings is 3. The Hall–Kier alpha value is -2.51. The molecule has 0 bridgehead atoms. The Balaban J connectivity index is 1.72. The third kappa shape index (κ3) is 4.26. The number of carbonyl (C=O) groups excluding carboxylic acids is 1. The van der Waals surface area contributed by atoms with E-state index in [-0.39, 0.29) is 5.56 Å². The van der Waals surface area contributed by atoms with Crippen molar-refractivity contribution in [1.82, 2.24) is 9.38 Å². The first-order valence-corrected chi connectivity index (χ1v) is 10.4. The van der Waals surface area contributed by atoms with E-state index in [2.05, 4.69) is 20.9 Å². The number of nitrogens with zero attached hydrogens (tertiary/aromatic N) is 2. The van der Waals surface area contributed by atoms with Crippen LogP contribution in [-0.2, 0) is 11.2 Å². The first-order valence-electron chi connectivity index (χ1n) is 9.65. The highest BCUT2D eigenvalue weighted by Crippen LogP contribution is 2.23. The van der Waals surface area contributed by atoms with Gasteiger partial charge in [-0.15, -0.1) is 0 Å². The van der Waals surface area contributed by atoms with Crippen molar-refractivity contribution in [2.24, 2.45) is 0 Å². The summed E-state index contributed by atoms with van der Waals surface area (Å²) in [5, 5.41) is 10.1. The Labute approximate surface area is 176 Å². The van der Waals surface area contributed by atoms with Crippen molar-refractivity contribution < 1.29 is 14.6 Å². The van der Waals surface area contributed by atoms with Crippen molar-refractivity contribution >= 4 is 27.4 Å². The molecule has 6 nitrogen and oxygen atoms in total. The van der Waals surface area contributed by atoms with Gasteiger partial charge in [-0.2, -0.15) is 0 Å². The van der Waals surface area contributed by atoms with E-state index in [1.807, 2.05) is 24.3 Å². The number of hydrogen-bond acceptors (Lipinski definition) is 5. The molecule has 1 fully saturated rings. The van der Waals surface area contributed by atoms with Gasteiger partial charge in [0.1, 0.15) is 11.7 Å². The molecular weight excluding hydrogens is 436 g/mol. The first-order chi connectivity index (χ1) is 14.0. The van der Waals surface area contributed by atoms with Gasteiger partial charge in [0.25, 0.3) is 5.56 Å². The molecule has 4 rings (SSSR count). The number of aliphatic hydroxyl groups is 1.